The Bertz CT molecular complexity index is 2960. The summed E-state index contributed by atoms with van der Waals surface area (Å²) in [6.45, 7) is 0. The van der Waals surface area contributed by atoms with Gasteiger partial charge in [0.15, 0.2) is 17.5 Å². The second-order valence-corrected chi connectivity index (χ2v) is 13.3. The average molecular weight is 662 g/mol. The first kappa shape index (κ1) is 29.9. The third-order valence-electron chi connectivity index (χ3n) is 10.1. The molecule has 3 heteroatoms. The van der Waals surface area contributed by atoms with Gasteiger partial charge in [0.05, 0.1) is 0 Å². The topological polar surface area (TPSA) is 38.7 Å². The molecule has 10 rings (SSSR count). The number of benzene rings is 9. The van der Waals surface area contributed by atoms with Gasteiger partial charge >= 0.3 is 0 Å². The van der Waals surface area contributed by atoms with Crippen molar-refractivity contribution < 1.29 is 0 Å². The normalized spacial score (nSPS) is 11.5. The van der Waals surface area contributed by atoms with Crippen molar-refractivity contribution >= 4 is 43.1 Å². The third-order valence-corrected chi connectivity index (χ3v) is 10.1. The predicted molar refractivity (Wildman–Crippen MR) is 217 cm³/mol. The van der Waals surface area contributed by atoms with Gasteiger partial charge < -0.3 is 0 Å². The molecule has 0 aliphatic carbocycles. The SMILES string of the molecule is c1ccc2cc(-c3ccc(-c4nc(-c5ccc6ccccc6c5)nc(-c5cccc6ccc(-c7ccc8ccccc8c7)cc56)n4)cc3)ccc2c1. The molecular weight excluding hydrogens is 631 g/mol. The Balaban J connectivity index is 1.12. The van der Waals surface area contributed by atoms with Crippen molar-refractivity contribution in [3.8, 4) is 56.4 Å². The van der Waals surface area contributed by atoms with E-state index in [0.29, 0.717) is 17.5 Å². The predicted octanol–water partition coefficient (Wildman–Crippen LogP) is 12.8. The van der Waals surface area contributed by atoms with E-state index in [1.54, 1.807) is 0 Å². The van der Waals surface area contributed by atoms with Gasteiger partial charge in [-0.2, -0.15) is 0 Å². The minimum Gasteiger partial charge on any atom is -0.208 e. The lowest BCUT2D eigenvalue weighted by Gasteiger charge is -2.12. The van der Waals surface area contributed by atoms with Crippen LogP contribution in [0, 0.1) is 0 Å². The lowest BCUT2D eigenvalue weighted by Crippen LogP contribution is -2.00. The maximum Gasteiger partial charge on any atom is 0.164 e. The number of hydrogen-bond donors (Lipinski definition) is 0. The first-order valence-corrected chi connectivity index (χ1v) is 17.6. The van der Waals surface area contributed by atoms with Crippen molar-refractivity contribution in [3.63, 3.8) is 0 Å². The highest BCUT2D eigenvalue weighted by Gasteiger charge is 2.16. The molecule has 0 N–H and O–H groups in total. The summed E-state index contributed by atoms with van der Waals surface area (Å²) in [7, 11) is 0. The van der Waals surface area contributed by atoms with Crippen LogP contribution in [-0.2, 0) is 0 Å². The Morgan fingerprint density at radius 1 is 0.231 bits per heavy atom. The van der Waals surface area contributed by atoms with Gasteiger partial charge in [-0.25, -0.2) is 15.0 Å². The molecule has 0 fully saturated rings. The molecule has 0 bridgehead atoms. The van der Waals surface area contributed by atoms with E-state index in [9.17, 15) is 0 Å². The first-order valence-electron chi connectivity index (χ1n) is 17.6. The molecule has 0 atom stereocenters. The molecule has 0 radical (unpaired) electrons. The molecule has 0 unspecified atom stereocenters. The van der Waals surface area contributed by atoms with E-state index >= 15 is 0 Å². The summed E-state index contributed by atoms with van der Waals surface area (Å²) in [5.74, 6) is 1.93. The van der Waals surface area contributed by atoms with E-state index in [1.807, 2.05) is 0 Å². The molecule has 52 heavy (non-hydrogen) atoms. The summed E-state index contributed by atoms with van der Waals surface area (Å²) < 4.78 is 0. The van der Waals surface area contributed by atoms with Crippen LogP contribution in [0.5, 0.6) is 0 Å². The minimum atomic E-state index is 0.640. The number of hydrogen-bond acceptors (Lipinski definition) is 3. The van der Waals surface area contributed by atoms with Gasteiger partial charge in [0.25, 0.3) is 0 Å². The van der Waals surface area contributed by atoms with Crippen LogP contribution >= 0.6 is 0 Å². The highest BCUT2D eigenvalue weighted by Crippen LogP contribution is 2.35. The highest BCUT2D eigenvalue weighted by atomic mass is 15.0. The Labute approximate surface area is 301 Å². The van der Waals surface area contributed by atoms with Crippen LogP contribution in [-0.4, -0.2) is 15.0 Å². The Hall–Kier alpha value is -6.97. The average Bonchev–Trinajstić information content (AvgIpc) is 3.22. The zero-order valence-corrected chi connectivity index (χ0v) is 28.2. The molecule has 1 heterocycles. The monoisotopic (exact) mass is 661 g/mol. The fourth-order valence-corrected chi connectivity index (χ4v) is 7.28. The van der Waals surface area contributed by atoms with Crippen molar-refractivity contribution in [1.29, 1.82) is 0 Å². The van der Waals surface area contributed by atoms with Crippen molar-refractivity contribution in [2.75, 3.05) is 0 Å². The number of rotatable bonds is 5. The van der Waals surface area contributed by atoms with Gasteiger partial charge in [0, 0.05) is 16.7 Å². The lowest BCUT2D eigenvalue weighted by molar-refractivity contribution is 1.08. The van der Waals surface area contributed by atoms with Crippen LogP contribution in [0.25, 0.3) is 99.5 Å². The van der Waals surface area contributed by atoms with Gasteiger partial charge in [-0.05, 0) is 89.6 Å². The van der Waals surface area contributed by atoms with Crippen LogP contribution in [0.4, 0.5) is 0 Å². The van der Waals surface area contributed by atoms with E-state index in [-0.39, 0.29) is 0 Å². The van der Waals surface area contributed by atoms with Crippen molar-refractivity contribution in [2.24, 2.45) is 0 Å². The standard InChI is InChI=1S/C49H31N3/c1-4-11-38-28-41(24-18-32(38)8-1)35-16-22-37(23-17-35)47-50-48(44-27-20-34-10-3-6-13-40(34)30-44)52-49(51-47)45-15-7-14-36-21-26-43(31-46(36)45)42-25-19-33-9-2-5-12-39(33)29-42/h1-31H. The molecule has 0 saturated carbocycles. The maximum absolute atomic E-state index is 5.18. The molecule has 9 aromatic carbocycles. The lowest BCUT2D eigenvalue weighted by atomic mass is 9.96. The van der Waals surface area contributed by atoms with Crippen molar-refractivity contribution in [2.45, 2.75) is 0 Å². The summed E-state index contributed by atoms with van der Waals surface area (Å²) in [4.78, 5) is 15.4. The van der Waals surface area contributed by atoms with Crippen LogP contribution in [0.3, 0.4) is 0 Å². The minimum absolute atomic E-state index is 0.640. The van der Waals surface area contributed by atoms with Crippen molar-refractivity contribution in [3.05, 3.63) is 188 Å². The molecule has 0 spiro atoms. The van der Waals surface area contributed by atoms with Gasteiger partial charge in [0.2, 0.25) is 0 Å². The van der Waals surface area contributed by atoms with Crippen molar-refractivity contribution in [1.82, 2.24) is 15.0 Å². The molecule has 1 aromatic heterocycles. The fourth-order valence-electron chi connectivity index (χ4n) is 7.28. The second kappa shape index (κ2) is 12.4. The van der Waals surface area contributed by atoms with Crippen LogP contribution in [0.1, 0.15) is 0 Å². The number of aromatic nitrogens is 3. The van der Waals surface area contributed by atoms with Gasteiger partial charge in [0.1, 0.15) is 0 Å². The second-order valence-electron chi connectivity index (χ2n) is 13.3. The smallest absolute Gasteiger partial charge is 0.164 e. The van der Waals surface area contributed by atoms with E-state index in [4.69, 9.17) is 15.0 Å². The summed E-state index contributed by atoms with van der Waals surface area (Å²) in [6.07, 6.45) is 0. The number of nitrogens with zero attached hydrogens (tertiary/aromatic N) is 3. The quantitative estimate of drug-likeness (QED) is 0.184. The summed E-state index contributed by atoms with van der Waals surface area (Å²) in [5, 5.41) is 9.48. The molecule has 10 aromatic rings. The molecule has 242 valence electrons. The molecule has 0 amide bonds. The Kier molecular flexibility index (Phi) is 7.14. The summed E-state index contributed by atoms with van der Waals surface area (Å²) in [6, 6.07) is 66.6. The summed E-state index contributed by atoms with van der Waals surface area (Å²) in [5.41, 5.74) is 7.51. The molecule has 0 saturated heterocycles. The summed E-state index contributed by atoms with van der Waals surface area (Å²) >= 11 is 0. The molecule has 0 aliphatic heterocycles. The van der Waals surface area contributed by atoms with E-state index < -0.39 is 0 Å². The highest BCUT2D eigenvalue weighted by molar-refractivity contribution is 5.99. The molecular formula is C49H31N3. The zero-order valence-electron chi connectivity index (χ0n) is 28.2. The van der Waals surface area contributed by atoms with E-state index in [1.165, 1.54) is 38.1 Å². The largest absolute Gasteiger partial charge is 0.208 e. The third kappa shape index (κ3) is 5.46. The molecule has 3 nitrogen and oxygen atoms in total. The van der Waals surface area contributed by atoms with Gasteiger partial charge in [-0.1, -0.05) is 164 Å². The Morgan fingerprint density at radius 2 is 0.615 bits per heavy atom. The van der Waals surface area contributed by atoms with Gasteiger partial charge in [-0.15, -0.1) is 0 Å². The van der Waals surface area contributed by atoms with Gasteiger partial charge in [-0.3, -0.25) is 0 Å². The van der Waals surface area contributed by atoms with Crippen LogP contribution < -0.4 is 0 Å². The van der Waals surface area contributed by atoms with E-state index in [2.05, 4.69) is 188 Å². The molecule has 0 aliphatic rings. The number of fused-ring (bicyclic) bond motifs is 4. The van der Waals surface area contributed by atoms with Crippen LogP contribution in [0.2, 0.25) is 0 Å². The van der Waals surface area contributed by atoms with E-state index in [0.717, 1.165) is 44.0 Å². The fraction of sp³-hybridized carbons (Fsp3) is 0. The first-order chi connectivity index (χ1) is 25.7. The maximum atomic E-state index is 5.18. The Morgan fingerprint density at radius 3 is 1.21 bits per heavy atom. The van der Waals surface area contributed by atoms with Crippen LogP contribution in [0.15, 0.2) is 188 Å². The zero-order chi connectivity index (χ0) is 34.4.